The summed E-state index contributed by atoms with van der Waals surface area (Å²) in [6, 6.07) is 5.54. The minimum atomic E-state index is -0.118. The fraction of sp³-hybridized carbons (Fsp3) is 0.300. The molecule has 0 aliphatic carbocycles. The van der Waals surface area contributed by atoms with Gasteiger partial charge in [-0.1, -0.05) is 6.07 Å². The Morgan fingerprint density at radius 2 is 2.07 bits per heavy atom. The average molecular weight is 193 g/mol. The van der Waals surface area contributed by atoms with Gasteiger partial charge < -0.3 is 16.0 Å². The number of nitrogens with zero attached hydrogens (tertiary/aromatic N) is 1. The van der Waals surface area contributed by atoms with Crippen molar-refractivity contribution >= 4 is 23.0 Å². The third-order valence-electron chi connectivity index (χ3n) is 1.88. The summed E-state index contributed by atoms with van der Waals surface area (Å²) in [5.41, 5.74) is 8.02. The standard InChI is InChI=1S/C10H15N3O/c1-7(14)12-8-5-4-6-9(10(8)11)13(2)3/h4-6H,11H2,1-3H3,(H,12,14). The molecule has 1 rings (SSSR count). The Kier molecular flexibility index (Phi) is 2.96. The molecule has 0 saturated carbocycles. The molecule has 0 saturated heterocycles. The van der Waals surface area contributed by atoms with Gasteiger partial charge in [-0.2, -0.15) is 0 Å². The molecule has 0 bridgehead atoms. The highest BCUT2D eigenvalue weighted by Crippen LogP contribution is 2.28. The van der Waals surface area contributed by atoms with Gasteiger partial charge in [0.15, 0.2) is 0 Å². The number of nitrogens with two attached hydrogens (primary N) is 1. The van der Waals surface area contributed by atoms with Crippen molar-refractivity contribution in [3.63, 3.8) is 0 Å². The van der Waals surface area contributed by atoms with Crippen LogP contribution in [0.3, 0.4) is 0 Å². The van der Waals surface area contributed by atoms with E-state index < -0.39 is 0 Å². The lowest BCUT2D eigenvalue weighted by atomic mass is 10.2. The van der Waals surface area contributed by atoms with Crippen LogP contribution in [0.15, 0.2) is 18.2 Å². The third kappa shape index (κ3) is 2.16. The number of anilines is 3. The Morgan fingerprint density at radius 1 is 1.43 bits per heavy atom. The summed E-state index contributed by atoms with van der Waals surface area (Å²) < 4.78 is 0. The van der Waals surface area contributed by atoms with Crippen molar-refractivity contribution in [2.45, 2.75) is 6.92 Å². The Labute approximate surface area is 83.7 Å². The first kappa shape index (κ1) is 10.4. The molecule has 0 atom stereocenters. The molecule has 1 aromatic rings. The van der Waals surface area contributed by atoms with Gasteiger partial charge in [0.05, 0.1) is 17.1 Å². The van der Waals surface area contributed by atoms with Gasteiger partial charge in [-0.15, -0.1) is 0 Å². The maximum Gasteiger partial charge on any atom is 0.221 e. The van der Waals surface area contributed by atoms with E-state index in [-0.39, 0.29) is 5.91 Å². The van der Waals surface area contributed by atoms with E-state index in [1.54, 1.807) is 6.07 Å². The normalized spacial score (nSPS) is 9.64. The number of rotatable bonds is 2. The summed E-state index contributed by atoms with van der Waals surface area (Å²) in [5.74, 6) is -0.118. The summed E-state index contributed by atoms with van der Waals surface area (Å²) in [7, 11) is 3.81. The number of nitrogen functional groups attached to an aromatic ring is 1. The Morgan fingerprint density at radius 3 is 2.57 bits per heavy atom. The molecule has 0 aliphatic rings. The summed E-state index contributed by atoms with van der Waals surface area (Å²) in [4.78, 5) is 12.8. The molecule has 76 valence electrons. The van der Waals surface area contributed by atoms with Crippen LogP contribution >= 0.6 is 0 Å². The van der Waals surface area contributed by atoms with Gasteiger partial charge in [0.2, 0.25) is 5.91 Å². The van der Waals surface area contributed by atoms with Crippen LogP contribution in [0.5, 0.6) is 0 Å². The molecule has 0 aliphatic heterocycles. The topological polar surface area (TPSA) is 58.4 Å². The molecule has 3 N–H and O–H groups in total. The van der Waals surface area contributed by atoms with E-state index in [0.717, 1.165) is 5.69 Å². The molecule has 0 radical (unpaired) electrons. The molecule has 0 heterocycles. The van der Waals surface area contributed by atoms with Gasteiger partial charge in [0.1, 0.15) is 0 Å². The lowest BCUT2D eigenvalue weighted by Crippen LogP contribution is -2.14. The molecular weight excluding hydrogens is 178 g/mol. The van der Waals surface area contributed by atoms with Crippen molar-refractivity contribution in [2.24, 2.45) is 0 Å². The predicted octanol–water partition coefficient (Wildman–Crippen LogP) is 1.29. The van der Waals surface area contributed by atoms with Crippen molar-refractivity contribution in [3.8, 4) is 0 Å². The van der Waals surface area contributed by atoms with Gasteiger partial charge in [-0.05, 0) is 12.1 Å². The number of carbonyl (C=O) groups is 1. The van der Waals surface area contributed by atoms with Crippen molar-refractivity contribution in [1.29, 1.82) is 0 Å². The Balaban J connectivity index is 3.07. The first-order valence-electron chi connectivity index (χ1n) is 4.35. The molecule has 1 amide bonds. The smallest absolute Gasteiger partial charge is 0.221 e. The summed E-state index contributed by atoms with van der Waals surface area (Å²) in [6.45, 7) is 1.46. The minimum absolute atomic E-state index is 0.118. The van der Waals surface area contributed by atoms with Crippen LogP contribution in [0, 0.1) is 0 Å². The van der Waals surface area contributed by atoms with E-state index in [0.29, 0.717) is 11.4 Å². The second-order valence-electron chi connectivity index (χ2n) is 3.31. The molecule has 0 aromatic heterocycles. The molecule has 14 heavy (non-hydrogen) atoms. The zero-order chi connectivity index (χ0) is 10.7. The van der Waals surface area contributed by atoms with E-state index in [1.807, 2.05) is 31.1 Å². The van der Waals surface area contributed by atoms with Crippen molar-refractivity contribution < 1.29 is 4.79 Å². The van der Waals surface area contributed by atoms with Gasteiger partial charge in [0, 0.05) is 21.0 Å². The average Bonchev–Trinajstić information content (AvgIpc) is 2.07. The first-order chi connectivity index (χ1) is 6.52. The summed E-state index contributed by atoms with van der Waals surface area (Å²) in [6.07, 6.45) is 0. The highest BCUT2D eigenvalue weighted by atomic mass is 16.1. The molecule has 0 spiro atoms. The predicted molar refractivity (Wildman–Crippen MR) is 59.5 cm³/mol. The number of hydrogen-bond donors (Lipinski definition) is 2. The summed E-state index contributed by atoms with van der Waals surface area (Å²) in [5, 5.41) is 2.68. The van der Waals surface area contributed by atoms with Crippen molar-refractivity contribution in [2.75, 3.05) is 30.0 Å². The van der Waals surface area contributed by atoms with E-state index in [2.05, 4.69) is 5.32 Å². The minimum Gasteiger partial charge on any atom is -0.395 e. The number of hydrogen-bond acceptors (Lipinski definition) is 3. The first-order valence-corrected chi connectivity index (χ1v) is 4.35. The number of amides is 1. The van der Waals surface area contributed by atoms with Crippen molar-refractivity contribution in [3.05, 3.63) is 18.2 Å². The second kappa shape index (κ2) is 4.00. The Hall–Kier alpha value is -1.71. The highest BCUT2D eigenvalue weighted by Gasteiger charge is 2.06. The molecule has 0 unspecified atom stereocenters. The monoisotopic (exact) mass is 193 g/mol. The quantitative estimate of drug-likeness (QED) is 0.696. The molecule has 1 aromatic carbocycles. The molecule has 0 fully saturated rings. The SMILES string of the molecule is CC(=O)Nc1cccc(N(C)C)c1N. The van der Waals surface area contributed by atoms with Crippen LogP contribution in [0.25, 0.3) is 0 Å². The number of benzene rings is 1. The van der Waals surface area contributed by atoms with E-state index in [1.165, 1.54) is 6.92 Å². The highest BCUT2D eigenvalue weighted by molar-refractivity contribution is 5.95. The number of carbonyl (C=O) groups excluding carboxylic acids is 1. The van der Waals surface area contributed by atoms with Gasteiger partial charge >= 0.3 is 0 Å². The van der Waals surface area contributed by atoms with Crippen LogP contribution < -0.4 is 16.0 Å². The lowest BCUT2D eigenvalue weighted by Gasteiger charge is -2.17. The zero-order valence-corrected chi connectivity index (χ0v) is 8.66. The number of para-hydroxylation sites is 1. The maximum absolute atomic E-state index is 10.9. The molecular formula is C10H15N3O. The second-order valence-corrected chi connectivity index (χ2v) is 3.31. The van der Waals surface area contributed by atoms with Gasteiger partial charge in [-0.3, -0.25) is 4.79 Å². The van der Waals surface area contributed by atoms with Crippen LogP contribution in [-0.2, 0) is 4.79 Å². The fourth-order valence-electron chi connectivity index (χ4n) is 1.24. The van der Waals surface area contributed by atoms with E-state index in [9.17, 15) is 4.79 Å². The van der Waals surface area contributed by atoms with Crippen LogP contribution in [0.1, 0.15) is 6.92 Å². The van der Waals surface area contributed by atoms with Crippen LogP contribution in [0.2, 0.25) is 0 Å². The zero-order valence-electron chi connectivity index (χ0n) is 8.66. The van der Waals surface area contributed by atoms with Crippen LogP contribution in [0.4, 0.5) is 17.1 Å². The fourth-order valence-corrected chi connectivity index (χ4v) is 1.24. The molecule has 4 nitrogen and oxygen atoms in total. The number of nitrogens with one attached hydrogen (secondary N) is 1. The maximum atomic E-state index is 10.9. The third-order valence-corrected chi connectivity index (χ3v) is 1.88. The largest absolute Gasteiger partial charge is 0.395 e. The van der Waals surface area contributed by atoms with E-state index >= 15 is 0 Å². The van der Waals surface area contributed by atoms with Gasteiger partial charge in [-0.25, -0.2) is 0 Å². The van der Waals surface area contributed by atoms with Crippen LogP contribution in [-0.4, -0.2) is 20.0 Å². The Bertz CT molecular complexity index is 347. The van der Waals surface area contributed by atoms with Gasteiger partial charge in [0.25, 0.3) is 0 Å². The summed E-state index contributed by atoms with van der Waals surface area (Å²) >= 11 is 0. The molecule has 4 heteroatoms. The van der Waals surface area contributed by atoms with E-state index in [4.69, 9.17) is 5.73 Å². The van der Waals surface area contributed by atoms with Crippen molar-refractivity contribution in [1.82, 2.24) is 0 Å². The lowest BCUT2D eigenvalue weighted by molar-refractivity contribution is -0.114.